The minimum Gasteiger partial charge on any atom is -0.279 e. The Labute approximate surface area is 51.1 Å². The van der Waals surface area contributed by atoms with Crippen LogP contribution >= 0.6 is 11.0 Å². The van der Waals surface area contributed by atoms with Crippen LogP contribution in [0.25, 0.3) is 0 Å². The Balaban J connectivity index is 3.57. The molecule has 0 spiro atoms. The van der Waals surface area contributed by atoms with E-state index in [1.54, 1.807) is 0 Å². The number of carbonyl (C=O) groups excluding carboxylic acids is 1. The molecule has 0 rings (SSSR count). The van der Waals surface area contributed by atoms with E-state index >= 15 is 0 Å². The van der Waals surface area contributed by atoms with Crippen molar-refractivity contribution in [2.75, 3.05) is 6.26 Å². The average molecular weight is 154 g/mol. The summed E-state index contributed by atoms with van der Waals surface area (Å²) in [5.74, 6) is 0. The fourth-order valence-electron chi connectivity index (χ4n) is 0.0927. The van der Waals surface area contributed by atoms with Crippen molar-refractivity contribution < 1.29 is 13.2 Å². The highest BCUT2D eigenvalue weighted by molar-refractivity contribution is 8.71. The van der Waals surface area contributed by atoms with Crippen LogP contribution in [0, 0.1) is 0 Å². The predicted octanol–water partition coefficient (Wildman–Crippen LogP) is -0.749. The first-order valence-corrected chi connectivity index (χ1v) is 4.79. The second-order valence-corrected chi connectivity index (χ2v) is 5.09. The summed E-state index contributed by atoms with van der Waals surface area (Å²) in [7, 11) is -2.81. The zero-order chi connectivity index (χ0) is 6.62. The molecule has 1 radical (unpaired) electrons. The van der Waals surface area contributed by atoms with Gasteiger partial charge in [-0.15, -0.1) is 0 Å². The molecule has 0 saturated carbocycles. The molecule has 47 valence electrons. The summed E-state index contributed by atoms with van der Waals surface area (Å²) in [4.78, 5) is 9.33. The summed E-state index contributed by atoms with van der Waals surface area (Å²) in [6.45, 7) is 0. The Morgan fingerprint density at radius 2 is 2.12 bits per heavy atom. The van der Waals surface area contributed by atoms with Crippen LogP contribution in [-0.4, -0.2) is 21.1 Å². The van der Waals surface area contributed by atoms with E-state index in [1.807, 2.05) is 4.72 Å². The van der Waals surface area contributed by atoms with Crippen molar-refractivity contribution in [3.63, 3.8) is 0 Å². The lowest BCUT2D eigenvalue weighted by Crippen LogP contribution is -2.03. The van der Waals surface area contributed by atoms with Crippen molar-refractivity contribution in [1.82, 2.24) is 4.72 Å². The van der Waals surface area contributed by atoms with Gasteiger partial charge in [-0.2, -0.15) is 0 Å². The maximum absolute atomic E-state index is 10.1. The molecule has 0 atom stereocenters. The van der Waals surface area contributed by atoms with Crippen LogP contribution in [0.2, 0.25) is 0 Å². The molecule has 0 aliphatic rings. The van der Waals surface area contributed by atoms with Crippen molar-refractivity contribution in [3.8, 4) is 0 Å². The predicted molar refractivity (Wildman–Crippen MR) is 31.3 cm³/mol. The van der Waals surface area contributed by atoms with E-state index in [-0.39, 0.29) is 0 Å². The maximum atomic E-state index is 10.1. The van der Waals surface area contributed by atoms with Gasteiger partial charge in [0.2, 0.25) is 8.87 Å². The van der Waals surface area contributed by atoms with Gasteiger partial charge in [0.05, 0.1) is 17.2 Å². The van der Waals surface area contributed by atoms with Gasteiger partial charge in [-0.1, -0.05) is 0 Å². The molecule has 0 unspecified atom stereocenters. The number of hydrogen-bond acceptors (Lipinski definition) is 4. The normalized spacial score (nSPS) is 10.6. The zero-order valence-corrected chi connectivity index (χ0v) is 5.67. The third-order valence-electron chi connectivity index (χ3n) is 0.235. The van der Waals surface area contributed by atoms with E-state index in [4.69, 9.17) is 0 Å². The molecule has 1 amide bonds. The van der Waals surface area contributed by atoms with Crippen molar-refractivity contribution in [1.29, 1.82) is 0 Å². The Kier molecular flexibility index (Phi) is 2.85. The second kappa shape index (κ2) is 2.93. The third kappa shape index (κ3) is 5.77. The number of rotatable bonds is 3. The van der Waals surface area contributed by atoms with E-state index in [9.17, 15) is 13.2 Å². The van der Waals surface area contributed by atoms with Gasteiger partial charge in [-0.05, 0) is 0 Å². The molecule has 0 aromatic carbocycles. The van der Waals surface area contributed by atoms with Crippen molar-refractivity contribution >= 4 is 26.3 Å². The molecule has 0 fully saturated rings. The van der Waals surface area contributed by atoms with Crippen LogP contribution in [-0.2, 0) is 13.7 Å². The number of hydrogen-bond donors (Lipinski definition) is 1. The Morgan fingerprint density at radius 1 is 1.62 bits per heavy atom. The molecule has 8 heavy (non-hydrogen) atoms. The monoisotopic (exact) mass is 154 g/mol. The molecular formula is C2H4NO3S2. The smallest absolute Gasteiger partial charge is 0.279 e. The maximum Gasteiger partial charge on any atom is 0.320 e. The molecule has 6 heteroatoms. The van der Waals surface area contributed by atoms with Crippen LogP contribution in [0.3, 0.4) is 0 Å². The van der Waals surface area contributed by atoms with Gasteiger partial charge in [0.1, 0.15) is 0 Å². The number of amides is 1. The molecule has 0 aromatic rings. The van der Waals surface area contributed by atoms with Gasteiger partial charge < -0.3 is 0 Å². The fraction of sp³-hybridized carbons (Fsp3) is 0.500. The fourth-order valence-corrected chi connectivity index (χ4v) is 0.834. The van der Waals surface area contributed by atoms with E-state index < -0.39 is 8.87 Å². The van der Waals surface area contributed by atoms with Gasteiger partial charge in [0.25, 0.3) is 0 Å². The first-order valence-electron chi connectivity index (χ1n) is 1.57. The molecule has 0 aromatic heterocycles. The van der Waals surface area contributed by atoms with E-state index in [1.165, 1.54) is 6.41 Å². The topological polar surface area (TPSA) is 63.2 Å². The summed E-state index contributed by atoms with van der Waals surface area (Å²) in [6, 6.07) is 0. The van der Waals surface area contributed by atoms with Gasteiger partial charge in [0, 0.05) is 0 Å². The molecule has 1 N–H and O–H groups in total. The van der Waals surface area contributed by atoms with Crippen LogP contribution < -0.4 is 4.72 Å². The first kappa shape index (κ1) is 7.77. The molecule has 0 bridgehead atoms. The molecule has 0 aliphatic carbocycles. The molecule has 0 aliphatic heterocycles. The summed E-state index contributed by atoms with van der Waals surface area (Å²) < 4.78 is 22.0. The summed E-state index contributed by atoms with van der Waals surface area (Å²) in [5.41, 5.74) is 0. The Morgan fingerprint density at radius 3 is 2.25 bits per heavy atom. The minimum absolute atomic E-state index is 0.332. The highest BCUT2D eigenvalue weighted by atomic mass is 33.1. The largest absolute Gasteiger partial charge is 0.320 e. The third-order valence-corrected chi connectivity index (χ3v) is 1.86. The van der Waals surface area contributed by atoms with Crippen molar-refractivity contribution in [2.45, 2.75) is 0 Å². The quantitative estimate of drug-likeness (QED) is 0.330. The van der Waals surface area contributed by atoms with E-state index in [2.05, 4.69) is 0 Å². The highest BCUT2D eigenvalue weighted by Crippen LogP contribution is 2.00. The lowest BCUT2D eigenvalue weighted by atomic mass is 11.5. The van der Waals surface area contributed by atoms with Crippen LogP contribution in [0.5, 0.6) is 0 Å². The second-order valence-electron chi connectivity index (χ2n) is 0.992. The number of nitrogens with one attached hydrogen (secondary N) is 1. The molecule has 0 heterocycles. The average Bonchev–Trinajstić information content (AvgIpc) is 1.59. The van der Waals surface area contributed by atoms with Crippen LogP contribution in [0.1, 0.15) is 0 Å². The van der Waals surface area contributed by atoms with E-state index in [0.717, 1.165) is 6.26 Å². The highest BCUT2D eigenvalue weighted by Gasteiger charge is 1.99. The Hall–Kier alpha value is -0.230. The first-order chi connectivity index (χ1) is 3.56. The van der Waals surface area contributed by atoms with Crippen LogP contribution in [0.15, 0.2) is 0 Å². The summed E-state index contributed by atoms with van der Waals surface area (Å²) in [5, 5.41) is 0. The van der Waals surface area contributed by atoms with Gasteiger partial charge >= 0.3 is 6.41 Å². The van der Waals surface area contributed by atoms with E-state index in [0.29, 0.717) is 11.0 Å². The lowest BCUT2D eigenvalue weighted by molar-refractivity contribution is 0.554. The summed E-state index contributed by atoms with van der Waals surface area (Å²) in [6.07, 6.45) is 2.20. The van der Waals surface area contributed by atoms with Crippen molar-refractivity contribution in [3.05, 3.63) is 0 Å². The van der Waals surface area contributed by atoms with Crippen LogP contribution in [0.4, 0.5) is 0 Å². The zero-order valence-electron chi connectivity index (χ0n) is 4.04. The van der Waals surface area contributed by atoms with Crippen molar-refractivity contribution in [2.24, 2.45) is 0 Å². The van der Waals surface area contributed by atoms with Gasteiger partial charge in [-0.25, -0.2) is 8.42 Å². The van der Waals surface area contributed by atoms with Gasteiger partial charge in [0.15, 0.2) is 0 Å². The molecule has 0 saturated heterocycles. The Bertz CT molecular complexity index is 160. The minimum atomic E-state index is -3.14. The lowest BCUT2D eigenvalue weighted by Gasteiger charge is -1.88. The molecule has 4 nitrogen and oxygen atoms in total. The molecular weight excluding hydrogens is 150 g/mol. The SMILES string of the molecule is CS(=O)(=O)SN[C]=O. The standard InChI is InChI=1S/C2H4NO3S2/c1-8(5,6)7-3-2-4/h1H3,(H,3,4). The van der Waals surface area contributed by atoms with Gasteiger partial charge in [-0.3, -0.25) is 9.52 Å². The summed E-state index contributed by atoms with van der Waals surface area (Å²) >= 11 is 0.